The average molecular weight is 365 g/mol. The standard InChI is InChI=1S/C22H27N3O2/c1-2-9-20(10-3-1)27-21-11-15-24(16-12-21)13-6-7-17-26-22-18-19-8-4-5-14-25(19)23-22/h1-5,8-10,14,18,21H,6-7,11-13,15-17H2. The minimum Gasteiger partial charge on any atom is -0.490 e. The van der Waals surface area contributed by atoms with Crippen LogP contribution in [0.3, 0.4) is 0 Å². The van der Waals surface area contributed by atoms with E-state index in [1.165, 1.54) is 0 Å². The van der Waals surface area contributed by atoms with Crippen molar-refractivity contribution in [2.45, 2.75) is 31.8 Å². The molecule has 4 rings (SSSR count). The highest BCUT2D eigenvalue weighted by Crippen LogP contribution is 2.19. The summed E-state index contributed by atoms with van der Waals surface area (Å²) in [5, 5.41) is 4.41. The molecule has 0 N–H and O–H groups in total. The second kappa shape index (κ2) is 8.91. The van der Waals surface area contributed by atoms with Gasteiger partial charge >= 0.3 is 0 Å². The summed E-state index contributed by atoms with van der Waals surface area (Å²) in [5.74, 6) is 1.69. The molecule has 0 unspecified atom stereocenters. The van der Waals surface area contributed by atoms with Gasteiger partial charge in [-0.25, -0.2) is 4.52 Å². The second-order valence-corrected chi connectivity index (χ2v) is 7.08. The Hall–Kier alpha value is -2.53. The highest BCUT2D eigenvalue weighted by Gasteiger charge is 2.20. The van der Waals surface area contributed by atoms with E-state index < -0.39 is 0 Å². The van der Waals surface area contributed by atoms with Gasteiger partial charge in [0.05, 0.1) is 12.1 Å². The van der Waals surface area contributed by atoms with Crippen molar-refractivity contribution < 1.29 is 9.47 Å². The van der Waals surface area contributed by atoms with Crippen LogP contribution in [0.5, 0.6) is 11.6 Å². The molecule has 0 amide bonds. The Morgan fingerprint density at radius 2 is 1.78 bits per heavy atom. The third-order valence-corrected chi connectivity index (χ3v) is 5.05. The van der Waals surface area contributed by atoms with Crippen LogP contribution in [0.25, 0.3) is 5.52 Å². The molecule has 142 valence electrons. The molecule has 0 saturated carbocycles. The van der Waals surface area contributed by atoms with E-state index in [1.54, 1.807) is 0 Å². The maximum absolute atomic E-state index is 6.06. The molecular formula is C22H27N3O2. The van der Waals surface area contributed by atoms with E-state index in [0.717, 1.165) is 63.2 Å². The summed E-state index contributed by atoms with van der Waals surface area (Å²) in [5.41, 5.74) is 1.06. The highest BCUT2D eigenvalue weighted by atomic mass is 16.5. The van der Waals surface area contributed by atoms with Gasteiger partial charge in [0.15, 0.2) is 0 Å². The summed E-state index contributed by atoms with van der Waals surface area (Å²) < 4.78 is 13.7. The highest BCUT2D eigenvalue weighted by molar-refractivity contribution is 5.48. The number of hydrogen-bond donors (Lipinski definition) is 0. The molecule has 3 heterocycles. The number of unbranched alkanes of at least 4 members (excludes halogenated alkanes) is 1. The number of ether oxygens (including phenoxy) is 2. The van der Waals surface area contributed by atoms with E-state index in [4.69, 9.17) is 9.47 Å². The first-order chi connectivity index (χ1) is 13.4. The zero-order valence-corrected chi connectivity index (χ0v) is 15.7. The number of benzene rings is 1. The van der Waals surface area contributed by atoms with Crippen molar-refractivity contribution in [3.63, 3.8) is 0 Å². The molecule has 1 aliphatic heterocycles. The lowest BCUT2D eigenvalue weighted by Gasteiger charge is -2.32. The number of aromatic nitrogens is 2. The predicted octanol–water partition coefficient (Wildman–Crippen LogP) is 4.04. The number of rotatable bonds is 8. The summed E-state index contributed by atoms with van der Waals surface area (Å²) in [6.07, 6.45) is 6.69. The molecule has 0 spiro atoms. The Morgan fingerprint density at radius 3 is 2.59 bits per heavy atom. The molecule has 0 radical (unpaired) electrons. The largest absolute Gasteiger partial charge is 0.490 e. The van der Waals surface area contributed by atoms with Crippen LogP contribution in [0.1, 0.15) is 25.7 Å². The third kappa shape index (κ3) is 5.01. The van der Waals surface area contributed by atoms with E-state index in [9.17, 15) is 0 Å². The van der Waals surface area contributed by atoms with Gasteiger partial charge in [-0.15, -0.1) is 5.10 Å². The number of piperidine rings is 1. The molecule has 0 atom stereocenters. The van der Waals surface area contributed by atoms with Gasteiger partial charge < -0.3 is 14.4 Å². The normalized spacial score (nSPS) is 15.9. The fourth-order valence-corrected chi connectivity index (χ4v) is 3.54. The lowest BCUT2D eigenvalue weighted by molar-refractivity contribution is 0.0987. The lowest BCUT2D eigenvalue weighted by atomic mass is 10.1. The van der Waals surface area contributed by atoms with Gasteiger partial charge in [-0.05, 0) is 56.5 Å². The number of nitrogens with zero attached hydrogens (tertiary/aromatic N) is 3. The van der Waals surface area contributed by atoms with Crippen molar-refractivity contribution >= 4 is 5.52 Å². The van der Waals surface area contributed by atoms with Crippen LogP contribution in [0.2, 0.25) is 0 Å². The van der Waals surface area contributed by atoms with Gasteiger partial charge in [-0.3, -0.25) is 0 Å². The summed E-state index contributed by atoms with van der Waals surface area (Å²) in [7, 11) is 0. The fraction of sp³-hybridized carbons (Fsp3) is 0.409. The van der Waals surface area contributed by atoms with Crippen LogP contribution in [0, 0.1) is 0 Å². The molecule has 1 saturated heterocycles. The Bertz CT molecular complexity index is 793. The predicted molar refractivity (Wildman–Crippen MR) is 106 cm³/mol. The minimum absolute atomic E-state index is 0.349. The molecule has 1 aliphatic rings. The van der Waals surface area contributed by atoms with Crippen LogP contribution in [-0.2, 0) is 0 Å². The Balaban J connectivity index is 1.10. The number of para-hydroxylation sites is 1. The molecule has 2 aromatic heterocycles. The molecule has 0 bridgehead atoms. The Labute approximate surface area is 160 Å². The molecule has 3 aromatic rings. The smallest absolute Gasteiger partial charge is 0.233 e. The van der Waals surface area contributed by atoms with E-state index in [1.807, 2.05) is 65.3 Å². The fourth-order valence-electron chi connectivity index (χ4n) is 3.54. The van der Waals surface area contributed by atoms with Crippen molar-refractivity contribution in [3.8, 4) is 11.6 Å². The third-order valence-electron chi connectivity index (χ3n) is 5.05. The van der Waals surface area contributed by atoms with Gasteiger partial charge in [0.2, 0.25) is 5.88 Å². The van der Waals surface area contributed by atoms with E-state index >= 15 is 0 Å². The monoisotopic (exact) mass is 365 g/mol. The van der Waals surface area contributed by atoms with Crippen LogP contribution < -0.4 is 9.47 Å². The van der Waals surface area contributed by atoms with Gasteiger partial charge in [-0.2, -0.15) is 0 Å². The molecule has 1 aromatic carbocycles. The number of pyridine rings is 1. The van der Waals surface area contributed by atoms with Crippen LogP contribution >= 0.6 is 0 Å². The van der Waals surface area contributed by atoms with Gasteiger partial charge in [0, 0.05) is 25.4 Å². The number of likely N-dealkylation sites (tertiary alicyclic amines) is 1. The first kappa shape index (κ1) is 17.9. The van der Waals surface area contributed by atoms with Crippen molar-refractivity contribution in [2.75, 3.05) is 26.2 Å². The topological polar surface area (TPSA) is 39.0 Å². The molecule has 1 fully saturated rings. The summed E-state index contributed by atoms with van der Waals surface area (Å²) in [6, 6.07) is 18.1. The zero-order valence-electron chi connectivity index (χ0n) is 15.7. The molecule has 0 aliphatic carbocycles. The zero-order chi connectivity index (χ0) is 18.3. The molecule has 5 heteroatoms. The van der Waals surface area contributed by atoms with Crippen LogP contribution in [0.15, 0.2) is 60.8 Å². The summed E-state index contributed by atoms with van der Waals surface area (Å²) >= 11 is 0. The van der Waals surface area contributed by atoms with Gasteiger partial charge in [0.1, 0.15) is 11.9 Å². The SMILES string of the molecule is c1ccc(OC2CCN(CCCCOc3cc4ccccn4n3)CC2)cc1. The molecule has 5 nitrogen and oxygen atoms in total. The van der Waals surface area contributed by atoms with E-state index in [-0.39, 0.29) is 0 Å². The Morgan fingerprint density at radius 1 is 0.963 bits per heavy atom. The van der Waals surface area contributed by atoms with Crippen molar-refractivity contribution in [1.29, 1.82) is 0 Å². The quantitative estimate of drug-likeness (QED) is 0.565. The first-order valence-electron chi connectivity index (χ1n) is 9.88. The number of fused-ring (bicyclic) bond motifs is 1. The van der Waals surface area contributed by atoms with E-state index in [0.29, 0.717) is 12.0 Å². The van der Waals surface area contributed by atoms with Crippen molar-refractivity contribution in [1.82, 2.24) is 14.5 Å². The average Bonchev–Trinajstić information content (AvgIpc) is 3.13. The van der Waals surface area contributed by atoms with Crippen molar-refractivity contribution in [2.24, 2.45) is 0 Å². The maximum atomic E-state index is 6.06. The maximum Gasteiger partial charge on any atom is 0.233 e. The second-order valence-electron chi connectivity index (χ2n) is 7.08. The van der Waals surface area contributed by atoms with Gasteiger partial charge in [-0.1, -0.05) is 24.3 Å². The van der Waals surface area contributed by atoms with Crippen molar-refractivity contribution in [3.05, 3.63) is 60.8 Å². The van der Waals surface area contributed by atoms with Crippen LogP contribution in [-0.4, -0.2) is 46.9 Å². The first-order valence-corrected chi connectivity index (χ1v) is 9.88. The van der Waals surface area contributed by atoms with Gasteiger partial charge in [0.25, 0.3) is 0 Å². The molecule has 27 heavy (non-hydrogen) atoms. The number of hydrogen-bond acceptors (Lipinski definition) is 4. The summed E-state index contributed by atoms with van der Waals surface area (Å²) in [6.45, 7) is 4.08. The lowest BCUT2D eigenvalue weighted by Crippen LogP contribution is -2.38. The van der Waals surface area contributed by atoms with Crippen LogP contribution in [0.4, 0.5) is 0 Å². The molecular weight excluding hydrogens is 338 g/mol. The Kier molecular flexibility index (Phi) is 5.89. The summed E-state index contributed by atoms with van der Waals surface area (Å²) in [4.78, 5) is 2.54. The van der Waals surface area contributed by atoms with E-state index in [2.05, 4.69) is 10.00 Å². The minimum atomic E-state index is 0.349.